The van der Waals surface area contributed by atoms with Crippen LogP contribution in [0.5, 0.6) is 0 Å². The van der Waals surface area contributed by atoms with Crippen LogP contribution in [0.1, 0.15) is 37.3 Å². The van der Waals surface area contributed by atoms with Gasteiger partial charge in [0, 0.05) is 35.8 Å². The molecule has 0 heterocycles. The first-order chi connectivity index (χ1) is 17.9. The van der Waals surface area contributed by atoms with Gasteiger partial charge in [0.2, 0.25) is 11.8 Å². The second-order valence-corrected chi connectivity index (χ2v) is 11.1. The number of hydrogen-bond donors (Lipinski definition) is 1. The Hall–Kier alpha value is -2.18. The van der Waals surface area contributed by atoms with Crippen LogP contribution in [0.4, 0.5) is 0 Å². The lowest BCUT2D eigenvalue weighted by Gasteiger charge is -2.31. The summed E-state index contributed by atoms with van der Waals surface area (Å²) in [5.41, 5.74) is 1.81. The Bertz CT molecular complexity index is 1160. The molecule has 0 unspecified atom stereocenters. The summed E-state index contributed by atoms with van der Waals surface area (Å²) in [4.78, 5) is 29.8. The molecule has 0 spiro atoms. The zero-order chi connectivity index (χ0) is 26.6. The van der Waals surface area contributed by atoms with Crippen LogP contribution in [0, 0.1) is 0 Å². The third-order valence-electron chi connectivity index (χ3n) is 5.77. The van der Waals surface area contributed by atoms with E-state index in [0.717, 1.165) is 28.2 Å². The molecule has 0 saturated carbocycles. The molecule has 3 aromatic rings. The second kappa shape index (κ2) is 15.3. The predicted molar refractivity (Wildman–Crippen MR) is 156 cm³/mol. The highest BCUT2D eigenvalue weighted by molar-refractivity contribution is 7.99. The fourth-order valence-corrected chi connectivity index (χ4v) is 5.14. The molecule has 1 N–H and O–H groups in total. The van der Waals surface area contributed by atoms with Gasteiger partial charge >= 0.3 is 0 Å². The maximum absolute atomic E-state index is 13.6. The van der Waals surface area contributed by atoms with Gasteiger partial charge in [-0.1, -0.05) is 78.1 Å². The largest absolute Gasteiger partial charge is 0.354 e. The van der Waals surface area contributed by atoms with E-state index in [0.29, 0.717) is 40.9 Å². The van der Waals surface area contributed by atoms with Crippen molar-refractivity contribution in [1.82, 2.24) is 10.2 Å². The van der Waals surface area contributed by atoms with Crippen LogP contribution in [0.3, 0.4) is 0 Å². The zero-order valence-electron chi connectivity index (χ0n) is 20.8. The van der Waals surface area contributed by atoms with E-state index >= 15 is 0 Å². The molecular formula is C29H31Cl3N2O2S. The Morgan fingerprint density at radius 2 is 1.65 bits per heavy atom. The minimum atomic E-state index is -0.653. The third kappa shape index (κ3) is 9.57. The highest BCUT2D eigenvalue weighted by atomic mass is 35.5. The van der Waals surface area contributed by atoms with E-state index < -0.39 is 6.04 Å². The monoisotopic (exact) mass is 576 g/mol. The zero-order valence-corrected chi connectivity index (χ0v) is 23.8. The van der Waals surface area contributed by atoms with Gasteiger partial charge in [-0.25, -0.2) is 0 Å². The summed E-state index contributed by atoms with van der Waals surface area (Å²) in [6.45, 7) is 2.82. The Labute approximate surface area is 238 Å². The molecule has 37 heavy (non-hydrogen) atoms. The van der Waals surface area contributed by atoms with E-state index in [1.165, 1.54) is 0 Å². The normalized spacial score (nSPS) is 11.7. The van der Waals surface area contributed by atoms with E-state index in [-0.39, 0.29) is 18.4 Å². The SMILES string of the molecule is CCCNC(=O)[C@H](Cc1ccccc1)N(Cc1ccc(Cl)c(Cl)c1)C(=O)CCCSc1ccc(Cl)cc1. The van der Waals surface area contributed by atoms with Crippen molar-refractivity contribution < 1.29 is 9.59 Å². The van der Waals surface area contributed by atoms with Crippen LogP contribution in [0.15, 0.2) is 77.7 Å². The number of carbonyl (C=O) groups excluding carboxylic acids is 2. The van der Waals surface area contributed by atoms with Crippen LogP contribution in [-0.4, -0.2) is 35.1 Å². The summed E-state index contributed by atoms with van der Waals surface area (Å²) < 4.78 is 0. The number of halogens is 3. The maximum Gasteiger partial charge on any atom is 0.243 e. The van der Waals surface area contributed by atoms with Crippen LogP contribution >= 0.6 is 46.6 Å². The van der Waals surface area contributed by atoms with Crippen LogP contribution in [0.25, 0.3) is 0 Å². The van der Waals surface area contributed by atoms with Crippen LogP contribution < -0.4 is 5.32 Å². The Morgan fingerprint density at radius 3 is 2.32 bits per heavy atom. The molecule has 0 radical (unpaired) electrons. The molecule has 4 nitrogen and oxygen atoms in total. The number of nitrogens with one attached hydrogen (secondary N) is 1. The van der Waals surface area contributed by atoms with E-state index in [1.807, 2.05) is 67.6 Å². The Morgan fingerprint density at radius 1 is 0.919 bits per heavy atom. The van der Waals surface area contributed by atoms with Crippen molar-refractivity contribution in [2.75, 3.05) is 12.3 Å². The molecule has 0 aliphatic carbocycles. The first-order valence-electron chi connectivity index (χ1n) is 12.3. The van der Waals surface area contributed by atoms with Gasteiger partial charge in [0.15, 0.2) is 0 Å². The second-order valence-electron chi connectivity index (χ2n) is 8.67. The molecule has 0 aliphatic heterocycles. The summed E-state index contributed by atoms with van der Waals surface area (Å²) in [6, 6.07) is 22.1. The number of rotatable bonds is 13. The number of carbonyl (C=O) groups is 2. The average Bonchev–Trinajstić information content (AvgIpc) is 2.90. The molecular weight excluding hydrogens is 547 g/mol. The van der Waals surface area contributed by atoms with Gasteiger partial charge in [-0.2, -0.15) is 0 Å². The fraction of sp³-hybridized carbons (Fsp3) is 0.310. The minimum absolute atomic E-state index is 0.0737. The summed E-state index contributed by atoms with van der Waals surface area (Å²) in [5.74, 6) is 0.546. The first kappa shape index (κ1) is 29.4. The van der Waals surface area contributed by atoms with Gasteiger partial charge in [0.1, 0.15) is 6.04 Å². The van der Waals surface area contributed by atoms with Gasteiger partial charge in [-0.15, -0.1) is 11.8 Å². The molecule has 1 atom stereocenters. The third-order valence-corrected chi connectivity index (χ3v) is 7.86. The predicted octanol–water partition coefficient (Wildman–Crippen LogP) is 7.69. The summed E-state index contributed by atoms with van der Waals surface area (Å²) in [5, 5.41) is 4.56. The van der Waals surface area contributed by atoms with E-state index in [9.17, 15) is 9.59 Å². The number of nitrogens with zero attached hydrogens (tertiary/aromatic N) is 1. The highest BCUT2D eigenvalue weighted by Gasteiger charge is 2.30. The molecule has 3 rings (SSSR count). The number of benzene rings is 3. The van der Waals surface area contributed by atoms with Crippen molar-refractivity contribution in [1.29, 1.82) is 0 Å². The molecule has 0 saturated heterocycles. The van der Waals surface area contributed by atoms with E-state index in [1.54, 1.807) is 28.8 Å². The fourth-order valence-electron chi connectivity index (χ4n) is 3.84. The smallest absolute Gasteiger partial charge is 0.243 e. The molecule has 0 bridgehead atoms. The van der Waals surface area contributed by atoms with Gasteiger partial charge < -0.3 is 10.2 Å². The van der Waals surface area contributed by atoms with Crippen molar-refractivity contribution in [3.05, 3.63) is 99.0 Å². The summed E-state index contributed by atoms with van der Waals surface area (Å²) >= 11 is 20.0. The maximum atomic E-state index is 13.6. The van der Waals surface area contributed by atoms with Gasteiger partial charge in [0.05, 0.1) is 10.0 Å². The Kier molecular flexibility index (Phi) is 12.1. The molecule has 196 valence electrons. The summed E-state index contributed by atoms with van der Waals surface area (Å²) in [6.07, 6.45) is 2.24. The average molecular weight is 578 g/mol. The Balaban J connectivity index is 1.79. The minimum Gasteiger partial charge on any atom is -0.354 e. The van der Waals surface area contributed by atoms with Crippen molar-refractivity contribution >= 4 is 58.4 Å². The van der Waals surface area contributed by atoms with Crippen molar-refractivity contribution in [3.63, 3.8) is 0 Å². The number of amides is 2. The van der Waals surface area contributed by atoms with Gasteiger partial charge in [0.25, 0.3) is 0 Å². The van der Waals surface area contributed by atoms with Crippen molar-refractivity contribution in [3.8, 4) is 0 Å². The van der Waals surface area contributed by atoms with Crippen molar-refractivity contribution in [2.45, 2.75) is 50.1 Å². The molecule has 2 amide bonds. The van der Waals surface area contributed by atoms with Crippen molar-refractivity contribution in [2.24, 2.45) is 0 Å². The van der Waals surface area contributed by atoms with Crippen LogP contribution in [0.2, 0.25) is 15.1 Å². The quantitative estimate of drug-likeness (QED) is 0.167. The molecule has 0 aromatic heterocycles. The molecule has 3 aromatic carbocycles. The van der Waals surface area contributed by atoms with Gasteiger partial charge in [-0.05, 0) is 66.1 Å². The van der Waals surface area contributed by atoms with Gasteiger partial charge in [-0.3, -0.25) is 9.59 Å². The molecule has 8 heteroatoms. The lowest BCUT2D eigenvalue weighted by Crippen LogP contribution is -2.50. The highest BCUT2D eigenvalue weighted by Crippen LogP contribution is 2.25. The first-order valence-corrected chi connectivity index (χ1v) is 14.4. The summed E-state index contributed by atoms with van der Waals surface area (Å²) in [7, 11) is 0. The topological polar surface area (TPSA) is 49.4 Å². The lowest BCUT2D eigenvalue weighted by atomic mass is 10.0. The number of thioether (sulfide) groups is 1. The molecule has 0 fully saturated rings. The molecule has 0 aliphatic rings. The van der Waals surface area contributed by atoms with Crippen LogP contribution in [-0.2, 0) is 22.6 Å². The van der Waals surface area contributed by atoms with E-state index in [2.05, 4.69) is 5.32 Å². The number of hydrogen-bond acceptors (Lipinski definition) is 3. The lowest BCUT2D eigenvalue weighted by molar-refractivity contribution is -0.141. The van der Waals surface area contributed by atoms with E-state index in [4.69, 9.17) is 34.8 Å². The standard InChI is InChI=1S/C29H31Cl3N2O2S/c1-2-16-33-29(36)27(19-21-7-4-3-5-8-21)34(20-22-10-15-25(31)26(32)18-22)28(35)9-6-17-37-24-13-11-23(30)12-14-24/h3-5,7-8,10-15,18,27H,2,6,9,16-17,19-20H2,1H3,(H,33,36)/t27-/m0/s1.